The van der Waals surface area contributed by atoms with Crippen LogP contribution in [0, 0.1) is 5.82 Å². The summed E-state index contributed by atoms with van der Waals surface area (Å²) in [6.07, 6.45) is 0.355. The molecule has 2 aromatic carbocycles. The van der Waals surface area contributed by atoms with Crippen LogP contribution in [-0.4, -0.2) is 18.6 Å². The third-order valence-electron chi connectivity index (χ3n) is 3.97. The van der Waals surface area contributed by atoms with Crippen molar-refractivity contribution in [2.45, 2.75) is 45.6 Å². The summed E-state index contributed by atoms with van der Waals surface area (Å²) in [7, 11) is 0. The Balaban J connectivity index is 1.95. The van der Waals surface area contributed by atoms with Crippen molar-refractivity contribution in [3.8, 4) is 5.75 Å². The highest BCUT2D eigenvalue weighted by Gasteiger charge is 2.24. The zero-order valence-corrected chi connectivity index (χ0v) is 15.3. The molecular weight excluding hydrogens is 317 g/mol. The smallest absolute Gasteiger partial charge is 0.224 e. The van der Waals surface area contributed by atoms with Crippen molar-refractivity contribution < 1.29 is 13.9 Å². The lowest BCUT2D eigenvalue weighted by atomic mass is 9.84. The van der Waals surface area contributed by atoms with Gasteiger partial charge in [0.15, 0.2) is 0 Å². The number of ether oxygens (including phenoxy) is 1. The molecule has 1 N–H and O–H groups in total. The van der Waals surface area contributed by atoms with E-state index in [1.807, 2.05) is 58.0 Å². The van der Waals surface area contributed by atoms with Gasteiger partial charge in [-0.2, -0.15) is 0 Å². The fourth-order valence-electron chi connectivity index (χ4n) is 2.67. The zero-order valence-electron chi connectivity index (χ0n) is 15.3. The Kier molecular flexibility index (Phi) is 6.18. The molecule has 0 fully saturated rings. The van der Waals surface area contributed by atoms with E-state index in [0.717, 1.165) is 11.3 Å². The average Bonchev–Trinajstić information content (AvgIpc) is 2.53. The second kappa shape index (κ2) is 8.15. The number of halogens is 1. The van der Waals surface area contributed by atoms with Crippen LogP contribution in [0.3, 0.4) is 0 Å². The molecule has 0 bridgehead atoms. The van der Waals surface area contributed by atoms with Gasteiger partial charge in [-0.15, -0.1) is 0 Å². The Morgan fingerprint density at radius 2 is 1.88 bits per heavy atom. The highest BCUT2D eigenvalue weighted by atomic mass is 19.1. The maximum Gasteiger partial charge on any atom is 0.224 e. The minimum atomic E-state index is -0.483. The highest BCUT2D eigenvalue weighted by Crippen LogP contribution is 2.25. The molecule has 0 aliphatic carbocycles. The fraction of sp³-hybridized carbons (Fsp3) is 0.381. The van der Waals surface area contributed by atoms with Gasteiger partial charge in [-0.3, -0.25) is 4.79 Å². The summed E-state index contributed by atoms with van der Waals surface area (Å²) in [5.74, 6) is 0.415. The molecule has 1 amide bonds. The largest absolute Gasteiger partial charge is 0.491 e. The molecule has 0 heterocycles. The van der Waals surface area contributed by atoms with Crippen LogP contribution in [0.4, 0.5) is 4.39 Å². The predicted molar refractivity (Wildman–Crippen MR) is 98.3 cm³/mol. The SMILES string of the molecule is CC(C)Oc1cccc(CC(=O)NCC(C)(C)c2ccccc2F)c1. The van der Waals surface area contributed by atoms with E-state index in [-0.39, 0.29) is 24.2 Å². The molecule has 134 valence electrons. The molecular formula is C21H26FNO2. The van der Waals surface area contributed by atoms with E-state index in [1.165, 1.54) is 6.07 Å². The molecule has 0 aromatic heterocycles. The van der Waals surface area contributed by atoms with E-state index in [1.54, 1.807) is 12.1 Å². The second-order valence-electron chi connectivity index (χ2n) is 7.13. The maximum atomic E-state index is 14.0. The Labute approximate surface area is 149 Å². The van der Waals surface area contributed by atoms with Crippen LogP contribution in [0.1, 0.15) is 38.8 Å². The fourth-order valence-corrected chi connectivity index (χ4v) is 2.67. The number of carbonyl (C=O) groups is 1. The van der Waals surface area contributed by atoms with Crippen LogP contribution in [0.5, 0.6) is 5.75 Å². The lowest BCUT2D eigenvalue weighted by molar-refractivity contribution is -0.120. The van der Waals surface area contributed by atoms with Crippen molar-refractivity contribution in [2.75, 3.05) is 6.54 Å². The summed E-state index contributed by atoms with van der Waals surface area (Å²) < 4.78 is 19.6. The number of amides is 1. The van der Waals surface area contributed by atoms with Crippen LogP contribution in [0.15, 0.2) is 48.5 Å². The second-order valence-corrected chi connectivity index (χ2v) is 7.13. The van der Waals surface area contributed by atoms with Gasteiger partial charge in [-0.1, -0.05) is 44.2 Å². The number of hydrogen-bond donors (Lipinski definition) is 1. The van der Waals surface area contributed by atoms with E-state index >= 15 is 0 Å². The van der Waals surface area contributed by atoms with E-state index in [9.17, 15) is 9.18 Å². The Morgan fingerprint density at radius 3 is 2.56 bits per heavy atom. The van der Waals surface area contributed by atoms with Crippen LogP contribution in [0.2, 0.25) is 0 Å². The summed E-state index contributed by atoms with van der Waals surface area (Å²) in [4.78, 5) is 12.3. The first-order chi connectivity index (χ1) is 11.8. The minimum absolute atomic E-state index is 0.0886. The van der Waals surface area contributed by atoms with E-state index in [4.69, 9.17) is 4.74 Å². The van der Waals surface area contributed by atoms with Crippen LogP contribution in [0.25, 0.3) is 0 Å². The van der Waals surface area contributed by atoms with Gasteiger partial charge in [0, 0.05) is 12.0 Å². The van der Waals surface area contributed by atoms with Gasteiger partial charge in [-0.25, -0.2) is 4.39 Å². The molecule has 3 nitrogen and oxygen atoms in total. The van der Waals surface area contributed by atoms with E-state index in [0.29, 0.717) is 12.1 Å². The highest BCUT2D eigenvalue weighted by molar-refractivity contribution is 5.78. The molecule has 0 atom stereocenters. The lowest BCUT2D eigenvalue weighted by Crippen LogP contribution is -2.37. The first kappa shape index (κ1) is 19.0. The monoisotopic (exact) mass is 343 g/mol. The first-order valence-electron chi connectivity index (χ1n) is 8.55. The average molecular weight is 343 g/mol. The standard InChI is InChI=1S/C21H26FNO2/c1-15(2)25-17-9-7-8-16(12-17)13-20(24)23-14-21(3,4)18-10-5-6-11-19(18)22/h5-12,15H,13-14H2,1-4H3,(H,23,24). The number of hydrogen-bond acceptors (Lipinski definition) is 2. The number of nitrogens with one attached hydrogen (secondary N) is 1. The third kappa shape index (κ3) is 5.59. The molecule has 4 heteroatoms. The zero-order chi connectivity index (χ0) is 18.4. The Hall–Kier alpha value is -2.36. The molecule has 0 spiro atoms. The van der Waals surface area contributed by atoms with Gasteiger partial charge in [0.1, 0.15) is 11.6 Å². The summed E-state index contributed by atoms with van der Waals surface area (Å²) in [5, 5.41) is 2.91. The summed E-state index contributed by atoms with van der Waals surface area (Å²) in [6.45, 7) is 8.13. The van der Waals surface area contributed by atoms with Gasteiger partial charge in [0.05, 0.1) is 12.5 Å². The topological polar surface area (TPSA) is 38.3 Å². The van der Waals surface area contributed by atoms with Gasteiger partial charge < -0.3 is 10.1 Å². The minimum Gasteiger partial charge on any atom is -0.491 e. The summed E-state index contributed by atoms with van der Waals surface area (Å²) >= 11 is 0. The van der Waals surface area contributed by atoms with Crippen molar-refractivity contribution in [3.05, 3.63) is 65.5 Å². The molecule has 0 aliphatic heterocycles. The molecule has 0 aliphatic rings. The normalized spacial score (nSPS) is 11.4. The molecule has 0 unspecified atom stereocenters. The first-order valence-corrected chi connectivity index (χ1v) is 8.55. The molecule has 25 heavy (non-hydrogen) atoms. The number of benzene rings is 2. The number of carbonyl (C=O) groups excluding carboxylic acids is 1. The molecule has 2 rings (SSSR count). The van der Waals surface area contributed by atoms with Gasteiger partial charge in [0.25, 0.3) is 0 Å². The number of rotatable bonds is 7. The van der Waals surface area contributed by atoms with Gasteiger partial charge in [0.2, 0.25) is 5.91 Å². The van der Waals surface area contributed by atoms with E-state index in [2.05, 4.69) is 5.32 Å². The van der Waals surface area contributed by atoms with Crippen molar-refractivity contribution in [1.82, 2.24) is 5.32 Å². The molecule has 0 radical (unpaired) electrons. The van der Waals surface area contributed by atoms with Gasteiger partial charge in [-0.05, 0) is 43.2 Å². The van der Waals surface area contributed by atoms with Crippen LogP contribution in [-0.2, 0) is 16.6 Å². The summed E-state index contributed by atoms with van der Waals surface area (Å²) in [5.41, 5.74) is 1.01. The summed E-state index contributed by atoms with van der Waals surface area (Å²) in [6, 6.07) is 14.2. The Bertz CT molecular complexity index is 725. The van der Waals surface area contributed by atoms with Crippen LogP contribution >= 0.6 is 0 Å². The maximum absolute atomic E-state index is 14.0. The third-order valence-corrected chi connectivity index (χ3v) is 3.97. The molecule has 0 saturated carbocycles. The lowest BCUT2D eigenvalue weighted by Gasteiger charge is -2.26. The van der Waals surface area contributed by atoms with Gasteiger partial charge >= 0.3 is 0 Å². The van der Waals surface area contributed by atoms with Crippen molar-refractivity contribution in [2.24, 2.45) is 0 Å². The predicted octanol–water partition coefficient (Wildman–Crippen LogP) is 4.25. The molecule has 0 saturated heterocycles. The Morgan fingerprint density at radius 1 is 1.16 bits per heavy atom. The van der Waals surface area contributed by atoms with Crippen molar-refractivity contribution in [3.63, 3.8) is 0 Å². The molecule has 2 aromatic rings. The van der Waals surface area contributed by atoms with E-state index < -0.39 is 5.41 Å². The quantitative estimate of drug-likeness (QED) is 0.816. The van der Waals surface area contributed by atoms with Crippen molar-refractivity contribution >= 4 is 5.91 Å². The van der Waals surface area contributed by atoms with Crippen LogP contribution < -0.4 is 10.1 Å². The van der Waals surface area contributed by atoms with Crippen molar-refractivity contribution in [1.29, 1.82) is 0 Å².